The van der Waals surface area contributed by atoms with E-state index in [1.807, 2.05) is 0 Å². The van der Waals surface area contributed by atoms with E-state index in [0.717, 1.165) is 12.1 Å². The number of para-hydroxylation sites is 1. The predicted molar refractivity (Wildman–Crippen MR) is 106 cm³/mol. The molecule has 0 atom stereocenters. The molecule has 1 N–H and O–H groups in total. The van der Waals surface area contributed by atoms with Crippen LogP contribution in [0.1, 0.15) is 21.5 Å². The van der Waals surface area contributed by atoms with Crippen LogP contribution in [0.2, 0.25) is 0 Å². The number of alkyl halides is 3. The molecular formula is C21H13F4N3O4. The van der Waals surface area contributed by atoms with Gasteiger partial charge in [-0.25, -0.2) is 9.82 Å². The number of nitro groups is 1. The second-order valence-corrected chi connectivity index (χ2v) is 6.29. The molecule has 3 aromatic carbocycles. The van der Waals surface area contributed by atoms with E-state index in [1.165, 1.54) is 42.6 Å². The number of hydrazone groups is 1. The molecule has 0 aliphatic carbocycles. The van der Waals surface area contributed by atoms with E-state index in [2.05, 4.69) is 10.5 Å². The Hall–Kier alpha value is -4.28. The third kappa shape index (κ3) is 5.45. The normalized spacial score (nSPS) is 11.4. The predicted octanol–water partition coefficient (Wildman–Crippen LogP) is 5.31. The molecule has 3 aromatic rings. The average molecular weight is 447 g/mol. The third-order valence-corrected chi connectivity index (χ3v) is 4.08. The maximum atomic E-state index is 13.2. The molecule has 0 heterocycles. The smallest absolute Gasteiger partial charge is 0.416 e. The molecule has 0 unspecified atom stereocenters. The lowest BCUT2D eigenvalue weighted by Gasteiger charge is -2.11. The number of hydrogen-bond donors (Lipinski definition) is 1. The highest BCUT2D eigenvalue weighted by Gasteiger charge is 2.33. The maximum Gasteiger partial charge on any atom is 0.416 e. The van der Waals surface area contributed by atoms with Gasteiger partial charge < -0.3 is 4.74 Å². The van der Waals surface area contributed by atoms with Gasteiger partial charge in [0.05, 0.1) is 16.7 Å². The van der Waals surface area contributed by atoms with Crippen LogP contribution in [0.25, 0.3) is 0 Å². The summed E-state index contributed by atoms with van der Waals surface area (Å²) in [4.78, 5) is 22.3. The minimum absolute atomic E-state index is 0.0343. The van der Waals surface area contributed by atoms with Crippen molar-refractivity contribution in [2.45, 2.75) is 6.18 Å². The minimum atomic E-state index is -4.76. The standard InChI is InChI=1S/C21H13F4N3O4/c22-16-6-3-5-13(10-16)20(29)27-26-12-14-4-1-2-7-18(14)32-19-9-8-15(21(23,24)25)11-17(19)28(30)31/h1-12H,(H,27,29). The number of amides is 1. The largest absolute Gasteiger partial charge is 0.449 e. The number of hydrogen-bond acceptors (Lipinski definition) is 5. The lowest BCUT2D eigenvalue weighted by atomic mass is 10.1. The molecule has 0 aliphatic rings. The molecule has 32 heavy (non-hydrogen) atoms. The lowest BCUT2D eigenvalue weighted by molar-refractivity contribution is -0.385. The fourth-order valence-electron chi connectivity index (χ4n) is 2.58. The number of ether oxygens (including phenoxy) is 1. The van der Waals surface area contributed by atoms with Crippen molar-refractivity contribution in [3.05, 3.63) is 99.4 Å². The van der Waals surface area contributed by atoms with Crippen LogP contribution >= 0.6 is 0 Å². The number of nitrogens with one attached hydrogen (secondary N) is 1. The van der Waals surface area contributed by atoms with E-state index >= 15 is 0 Å². The SMILES string of the molecule is O=C(NN=Cc1ccccc1Oc1ccc(C(F)(F)F)cc1[N+](=O)[O-])c1cccc(F)c1. The summed E-state index contributed by atoms with van der Waals surface area (Å²) in [6.45, 7) is 0. The van der Waals surface area contributed by atoms with Gasteiger partial charge in [-0.05, 0) is 42.5 Å². The lowest BCUT2D eigenvalue weighted by Crippen LogP contribution is -2.17. The zero-order valence-corrected chi connectivity index (χ0v) is 16.0. The highest BCUT2D eigenvalue weighted by molar-refractivity contribution is 5.95. The van der Waals surface area contributed by atoms with E-state index in [-0.39, 0.29) is 16.9 Å². The topological polar surface area (TPSA) is 93.8 Å². The summed E-state index contributed by atoms with van der Waals surface area (Å²) in [5, 5.41) is 15.0. The van der Waals surface area contributed by atoms with E-state index in [0.29, 0.717) is 12.1 Å². The van der Waals surface area contributed by atoms with Crippen LogP contribution in [-0.2, 0) is 6.18 Å². The van der Waals surface area contributed by atoms with E-state index < -0.39 is 39.8 Å². The second-order valence-electron chi connectivity index (χ2n) is 6.29. The van der Waals surface area contributed by atoms with Crippen LogP contribution in [0.4, 0.5) is 23.2 Å². The Morgan fingerprint density at radius 1 is 1.03 bits per heavy atom. The number of nitrogens with zero attached hydrogens (tertiary/aromatic N) is 2. The summed E-state index contributed by atoms with van der Waals surface area (Å²) >= 11 is 0. The fraction of sp³-hybridized carbons (Fsp3) is 0.0476. The van der Waals surface area contributed by atoms with Gasteiger partial charge >= 0.3 is 11.9 Å². The highest BCUT2D eigenvalue weighted by Crippen LogP contribution is 2.38. The van der Waals surface area contributed by atoms with Crippen molar-refractivity contribution < 1.29 is 32.0 Å². The van der Waals surface area contributed by atoms with Crippen LogP contribution in [0.15, 0.2) is 71.8 Å². The Bertz CT molecular complexity index is 1200. The van der Waals surface area contributed by atoms with Gasteiger partial charge in [-0.3, -0.25) is 14.9 Å². The molecule has 0 fully saturated rings. The molecular weight excluding hydrogens is 434 g/mol. The van der Waals surface area contributed by atoms with E-state index in [9.17, 15) is 32.5 Å². The number of nitro benzene ring substituents is 1. The van der Waals surface area contributed by atoms with Gasteiger partial charge in [-0.2, -0.15) is 18.3 Å². The van der Waals surface area contributed by atoms with Gasteiger partial charge in [0.15, 0.2) is 0 Å². The zero-order chi connectivity index (χ0) is 23.3. The average Bonchev–Trinajstić information content (AvgIpc) is 2.74. The molecule has 0 saturated carbocycles. The van der Waals surface area contributed by atoms with Crippen LogP contribution in [0.3, 0.4) is 0 Å². The molecule has 0 spiro atoms. The molecule has 11 heteroatoms. The van der Waals surface area contributed by atoms with Crippen molar-refractivity contribution in [1.82, 2.24) is 5.43 Å². The van der Waals surface area contributed by atoms with E-state index in [4.69, 9.17) is 4.74 Å². The number of carbonyl (C=O) groups excluding carboxylic acids is 1. The summed E-state index contributed by atoms with van der Waals surface area (Å²) in [6.07, 6.45) is -3.59. The van der Waals surface area contributed by atoms with E-state index in [1.54, 1.807) is 6.07 Å². The zero-order valence-electron chi connectivity index (χ0n) is 16.0. The monoisotopic (exact) mass is 447 g/mol. The molecule has 0 saturated heterocycles. The first-order valence-electron chi connectivity index (χ1n) is 8.86. The van der Waals surface area contributed by atoms with Crippen LogP contribution in [0.5, 0.6) is 11.5 Å². The van der Waals surface area contributed by atoms with Crippen molar-refractivity contribution in [3.63, 3.8) is 0 Å². The van der Waals surface area contributed by atoms with Gasteiger partial charge in [0.25, 0.3) is 5.91 Å². The molecule has 0 bridgehead atoms. The Morgan fingerprint density at radius 2 is 1.78 bits per heavy atom. The summed E-state index contributed by atoms with van der Waals surface area (Å²) in [5.41, 5.74) is 0.436. The minimum Gasteiger partial charge on any atom is -0.449 e. The van der Waals surface area contributed by atoms with Crippen molar-refractivity contribution in [3.8, 4) is 11.5 Å². The summed E-state index contributed by atoms with van der Waals surface area (Å²) in [6, 6.07) is 12.9. The van der Waals surface area contributed by atoms with Gasteiger partial charge in [0.2, 0.25) is 5.75 Å². The second kappa shape index (κ2) is 9.25. The summed E-state index contributed by atoms with van der Waals surface area (Å²) in [5.74, 6) is -1.65. The van der Waals surface area contributed by atoms with Crippen molar-refractivity contribution >= 4 is 17.8 Å². The quantitative estimate of drug-likeness (QED) is 0.240. The number of rotatable bonds is 6. The first-order chi connectivity index (χ1) is 15.1. The van der Waals surface area contributed by atoms with Crippen molar-refractivity contribution in [2.24, 2.45) is 5.10 Å². The van der Waals surface area contributed by atoms with Crippen LogP contribution in [-0.4, -0.2) is 17.0 Å². The maximum absolute atomic E-state index is 13.2. The van der Waals surface area contributed by atoms with Crippen molar-refractivity contribution in [2.75, 3.05) is 0 Å². The summed E-state index contributed by atoms with van der Waals surface area (Å²) in [7, 11) is 0. The Labute approximate surface area is 178 Å². The number of carbonyl (C=O) groups is 1. The van der Waals surface area contributed by atoms with Crippen molar-refractivity contribution in [1.29, 1.82) is 0 Å². The molecule has 0 aromatic heterocycles. The number of halogens is 4. The van der Waals surface area contributed by atoms with Gasteiger partial charge in [-0.15, -0.1) is 0 Å². The van der Waals surface area contributed by atoms with Gasteiger partial charge in [-0.1, -0.05) is 18.2 Å². The highest BCUT2D eigenvalue weighted by atomic mass is 19.4. The Balaban J connectivity index is 1.82. The Kier molecular flexibility index (Phi) is 6.47. The Morgan fingerprint density at radius 3 is 2.47 bits per heavy atom. The van der Waals surface area contributed by atoms with Gasteiger partial charge in [0, 0.05) is 17.2 Å². The first kappa shape index (κ1) is 22.4. The summed E-state index contributed by atoms with van der Waals surface area (Å²) < 4.78 is 57.3. The number of benzene rings is 3. The molecule has 3 rings (SSSR count). The molecule has 0 aliphatic heterocycles. The fourth-order valence-corrected chi connectivity index (χ4v) is 2.58. The molecule has 1 amide bonds. The van der Waals surface area contributed by atoms with Crippen LogP contribution < -0.4 is 10.2 Å². The first-order valence-corrected chi connectivity index (χ1v) is 8.86. The van der Waals surface area contributed by atoms with Gasteiger partial charge in [0.1, 0.15) is 11.6 Å². The molecule has 0 radical (unpaired) electrons. The third-order valence-electron chi connectivity index (χ3n) is 4.08. The van der Waals surface area contributed by atoms with Crippen LogP contribution in [0, 0.1) is 15.9 Å². The molecule has 164 valence electrons. The molecule has 7 nitrogen and oxygen atoms in total.